The number of para-hydroxylation sites is 3. The highest BCUT2D eigenvalue weighted by atomic mass is 35.5. The zero-order chi connectivity index (χ0) is 87.7. The minimum Gasteiger partial charge on any atom is -0.399 e. The highest BCUT2D eigenvalue weighted by Crippen LogP contribution is 2.39. The highest BCUT2D eigenvalue weighted by Gasteiger charge is 2.25. The van der Waals surface area contributed by atoms with Crippen LogP contribution in [0.1, 0.15) is 140 Å². The normalized spacial score (nSPS) is 12.3. The largest absolute Gasteiger partial charge is 0.399 e. The van der Waals surface area contributed by atoms with E-state index in [4.69, 9.17) is 63.6 Å². The number of nitrogen functional groups attached to an aromatic ring is 3. The minimum absolute atomic E-state index is 0.0142. The molecule has 0 atom stereocenters. The third-order valence-corrected chi connectivity index (χ3v) is 20.7. The summed E-state index contributed by atoms with van der Waals surface area (Å²) >= 11 is 24.2. The molecule has 0 bridgehead atoms. The third kappa shape index (κ3) is 24.8. The summed E-state index contributed by atoms with van der Waals surface area (Å²) < 4.78 is 3.97. The molecule has 16 rings (SSSR count). The summed E-state index contributed by atoms with van der Waals surface area (Å²) in [6, 6.07) is 43.6. The van der Waals surface area contributed by atoms with Crippen molar-refractivity contribution in [1.29, 1.82) is 0 Å². The molecule has 11 aromatic rings. The van der Waals surface area contributed by atoms with Crippen molar-refractivity contribution >= 4 is 174 Å². The van der Waals surface area contributed by atoms with Gasteiger partial charge in [-0.25, -0.2) is 15.0 Å². The number of amides is 4. The molecule has 0 unspecified atom stereocenters. The molecule has 8 aromatic carbocycles. The van der Waals surface area contributed by atoms with Crippen LogP contribution in [0.5, 0.6) is 0 Å². The summed E-state index contributed by atoms with van der Waals surface area (Å²) in [7, 11) is 4.70. The lowest BCUT2D eigenvalue weighted by atomic mass is 10.1. The van der Waals surface area contributed by atoms with Crippen LogP contribution in [-0.4, -0.2) is 96.5 Å². The van der Waals surface area contributed by atoms with Crippen LogP contribution in [0.25, 0.3) is 0 Å². The molecular weight excluding hydrogens is 1640 g/mol. The minimum atomic E-state index is -0.562. The second-order valence-electron chi connectivity index (χ2n) is 28.1. The summed E-state index contributed by atoms with van der Waals surface area (Å²) in [5, 5.41) is 49.0. The van der Waals surface area contributed by atoms with Crippen LogP contribution in [0, 0.1) is 20.2 Å². The molecule has 0 fully saturated rings. The van der Waals surface area contributed by atoms with Gasteiger partial charge >= 0.3 is 11.9 Å². The van der Waals surface area contributed by atoms with Crippen molar-refractivity contribution in [2.24, 2.45) is 0 Å². The molecule has 632 valence electrons. The number of nitrogens with one attached hydrogen (secondary N) is 9. The summed E-state index contributed by atoms with van der Waals surface area (Å²) in [6.07, 6.45) is 20.1. The van der Waals surface area contributed by atoms with Crippen LogP contribution < -0.4 is 65.1 Å². The van der Waals surface area contributed by atoms with Gasteiger partial charge < -0.3 is 69.8 Å². The predicted octanol–water partition coefficient (Wildman–Crippen LogP) is 17.0. The maximum Gasteiger partial charge on any atom is 0.310 e. The number of nitro benzene ring substituents is 2. The number of nitrogens with zero attached hydrogens (tertiary/aromatic N) is 8. The fourth-order valence-electron chi connectivity index (χ4n) is 14.2. The van der Waals surface area contributed by atoms with Gasteiger partial charge in [-0.1, -0.05) is 95.5 Å². The van der Waals surface area contributed by atoms with E-state index in [-0.39, 0.29) is 51.3 Å². The Morgan fingerprint density at radius 2 is 0.746 bits per heavy atom. The molecule has 3 heterocycles. The Bertz CT molecular complexity index is 5730. The number of nitrogens with two attached hydrogens (primary N) is 3. The van der Waals surface area contributed by atoms with Gasteiger partial charge in [0.1, 0.15) is 15.1 Å². The van der Waals surface area contributed by atoms with Crippen molar-refractivity contribution in [3.63, 3.8) is 0 Å². The van der Waals surface area contributed by atoms with Gasteiger partial charge in [-0.15, -0.1) is 0 Å². The maximum absolute atomic E-state index is 12.1. The Hall–Kier alpha value is -13.6. The standard InChI is InChI=1S/C21H19ClN6O3.C21H21ClN6O.C12H10Cl2N4O.C11H13NO.C9H10N2O2.C9H11N.C4H6O3/c1-23-20(29)15-6-2-3-8-17(15)25-19-16(22)11-24-21(27-19)26-18-10-13(28(30)31)9-12-5-4-7-14(12)18;1-24-20(29)15-6-2-3-8-17(15)26-19-16(22)11-25-21(28-19)27-18-10-13(23)9-12-5-4-7-14(12)18;1-15-11(19)7-4-2-3-5-9(7)17-10-8(13)6-16-12(14)18-10;1-8(13)12-11-7-3-5-9-4-2-6-10(9)11;10-9-5-7(11(12)13)4-6-2-1-3-8(6)9;10-9-6-2-4-7-3-1-5-8(7)9;1-3(5)7-4(2)6/h2-3,6,8-11H,4-5,7H2,1H3,(H,23,29)(H2,24,25,26,27);2-3,6,8-11H,4-5,7,23H2,1H3,(H,24,29)(H2,25,26,27,28);2-6H,1H3,(H,15,19)(H,16,17,18);3,5,7H,2,4,6H2,1H3,(H,12,13);4-5H,1-3,10H2;2,4,6H,1,3,5,10H2;1-2H3. The van der Waals surface area contributed by atoms with E-state index >= 15 is 0 Å². The van der Waals surface area contributed by atoms with Gasteiger partial charge in [0.25, 0.3) is 29.1 Å². The summed E-state index contributed by atoms with van der Waals surface area (Å²) in [5.41, 5.74) is 37.8. The quantitative estimate of drug-likeness (QED) is 0.0107. The van der Waals surface area contributed by atoms with Crippen molar-refractivity contribution in [1.82, 2.24) is 45.9 Å². The number of hydrogen-bond acceptors (Lipinski definition) is 25. The fourth-order valence-corrected chi connectivity index (χ4v) is 14.8. The zero-order valence-electron chi connectivity index (χ0n) is 67.5. The van der Waals surface area contributed by atoms with Crippen molar-refractivity contribution < 1.29 is 43.4 Å². The molecule has 15 N–H and O–H groups in total. The van der Waals surface area contributed by atoms with Crippen LogP contribution in [0.3, 0.4) is 0 Å². The smallest absolute Gasteiger partial charge is 0.310 e. The Labute approximate surface area is 723 Å². The monoisotopic (exact) mass is 1730 g/mol. The molecule has 122 heavy (non-hydrogen) atoms. The van der Waals surface area contributed by atoms with E-state index in [1.54, 1.807) is 107 Å². The van der Waals surface area contributed by atoms with Crippen molar-refractivity contribution in [2.75, 3.05) is 70.2 Å². The average Bonchev–Trinajstić information content (AvgIpc) is 1.49. The topological polar surface area (TPSA) is 462 Å². The van der Waals surface area contributed by atoms with E-state index in [1.807, 2.05) is 42.5 Å². The Balaban J connectivity index is 0.000000157. The van der Waals surface area contributed by atoms with E-state index in [0.717, 1.165) is 110 Å². The molecule has 0 saturated carbocycles. The number of ether oxygens (including phenoxy) is 1. The van der Waals surface area contributed by atoms with Crippen LogP contribution in [0.4, 0.5) is 91.9 Å². The van der Waals surface area contributed by atoms with Crippen LogP contribution in [0.2, 0.25) is 20.4 Å². The molecule has 4 amide bonds. The van der Waals surface area contributed by atoms with E-state index < -0.39 is 21.8 Å². The highest BCUT2D eigenvalue weighted by molar-refractivity contribution is 6.34. The van der Waals surface area contributed by atoms with Gasteiger partial charge in [-0.3, -0.25) is 49.0 Å². The number of halogens is 4. The zero-order valence-corrected chi connectivity index (χ0v) is 70.5. The first-order chi connectivity index (χ1) is 58.6. The Morgan fingerprint density at radius 1 is 0.385 bits per heavy atom. The van der Waals surface area contributed by atoms with Gasteiger partial charge in [0.05, 0.1) is 67.9 Å². The van der Waals surface area contributed by atoms with Gasteiger partial charge in [0.15, 0.2) is 17.5 Å². The van der Waals surface area contributed by atoms with Crippen LogP contribution in [-0.2, 0) is 83.3 Å². The van der Waals surface area contributed by atoms with E-state index in [9.17, 15) is 49.0 Å². The van der Waals surface area contributed by atoms with Gasteiger partial charge in [-0.05, 0) is 224 Å². The van der Waals surface area contributed by atoms with Gasteiger partial charge in [0, 0.05) is 94.6 Å². The van der Waals surface area contributed by atoms with Crippen molar-refractivity contribution in [3.05, 3.63) is 277 Å². The summed E-state index contributed by atoms with van der Waals surface area (Å²) in [6.45, 7) is 3.91. The van der Waals surface area contributed by atoms with Gasteiger partial charge in [0.2, 0.25) is 23.1 Å². The lowest BCUT2D eigenvalue weighted by molar-refractivity contribution is -0.385. The third-order valence-electron chi connectivity index (χ3n) is 19.7. The number of non-ortho nitro benzene ring substituents is 2. The Kier molecular flexibility index (Phi) is 32.2. The molecule has 3 aromatic heterocycles. The second kappa shape index (κ2) is 43.4. The fraction of sp³-hybridized carbons (Fsp3) is 0.241. The number of benzene rings is 8. The number of anilines is 14. The van der Waals surface area contributed by atoms with Crippen molar-refractivity contribution in [2.45, 2.75) is 117 Å². The first-order valence-corrected chi connectivity index (χ1v) is 40.3. The predicted molar refractivity (Wildman–Crippen MR) is 478 cm³/mol. The molecule has 5 aliphatic rings. The van der Waals surface area contributed by atoms with Crippen LogP contribution in [0.15, 0.2) is 164 Å². The first-order valence-electron chi connectivity index (χ1n) is 38.8. The number of hydrogen-bond donors (Lipinski definition) is 12. The number of aromatic nitrogens is 6. The molecule has 0 spiro atoms. The number of rotatable bonds is 16. The lowest BCUT2D eigenvalue weighted by Gasteiger charge is -2.14. The maximum atomic E-state index is 12.1. The molecule has 0 radical (unpaired) electrons. The molecule has 31 nitrogen and oxygen atoms in total. The second-order valence-corrected chi connectivity index (χ2v) is 29.7. The number of nitro groups is 2. The average molecular weight is 1730 g/mol. The van der Waals surface area contributed by atoms with E-state index in [2.05, 4.69) is 94.6 Å². The molecule has 5 aliphatic carbocycles. The first kappa shape index (κ1) is 90.7. The molecule has 0 aliphatic heterocycles. The Morgan fingerprint density at radius 3 is 1.17 bits per heavy atom. The SMILES string of the molecule is CC(=O)Nc1cccc2c1CCC2.CC(=O)OC(C)=O.CNC(=O)c1ccccc1Nc1nc(Cl)ncc1Cl.CNC(=O)c1ccccc1Nc1nc(Nc2cc(N)cc3c2CCC3)ncc1Cl.CNC(=O)c1ccccc1Nc1nc(Nc2cc([N+](=O)[O-])cc3c2CCC3)ncc1Cl.Nc1cc([N+](=O)[O-])cc2c1CCC2.Nc1cccc2c1CCC2. The number of fused-ring (bicyclic) bond motifs is 5. The molecular formula is C87H90Cl4N20O11. The number of esters is 2. The van der Waals surface area contributed by atoms with E-state index in [1.165, 1.54) is 104 Å². The number of carbonyl (C=O) groups excluding carboxylic acids is 6. The molecule has 0 saturated heterocycles. The molecule has 35 heteroatoms. The summed E-state index contributed by atoms with van der Waals surface area (Å²) in [5.74, 6) is -0.0879. The van der Waals surface area contributed by atoms with Crippen LogP contribution >= 0.6 is 46.4 Å². The number of aryl methyl sites for hydroxylation is 5. The lowest BCUT2D eigenvalue weighted by Crippen LogP contribution is -2.19. The van der Waals surface area contributed by atoms with Gasteiger partial charge in [-0.2, -0.15) is 15.0 Å². The summed E-state index contributed by atoms with van der Waals surface area (Å²) in [4.78, 5) is 113. The van der Waals surface area contributed by atoms with E-state index in [0.29, 0.717) is 84.3 Å². The van der Waals surface area contributed by atoms with Crippen molar-refractivity contribution in [3.8, 4) is 0 Å². The number of carbonyl (C=O) groups is 6.